The highest BCUT2D eigenvalue weighted by Crippen LogP contribution is 2.41. The van der Waals surface area contributed by atoms with Crippen LogP contribution in [0.5, 0.6) is 0 Å². The Morgan fingerprint density at radius 1 is 1.62 bits per heavy atom. The highest BCUT2D eigenvalue weighted by Gasteiger charge is 2.28. The molecule has 70 valence electrons. The maximum atomic E-state index is 11.4. The molecule has 1 aliphatic carbocycles. The number of rotatable bonds is 2. The van der Waals surface area contributed by atoms with Gasteiger partial charge >= 0.3 is 0 Å². The first-order valence-corrected chi connectivity index (χ1v) is 5.30. The van der Waals surface area contributed by atoms with Crippen molar-refractivity contribution in [1.82, 2.24) is 9.97 Å². The molecule has 0 saturated heterocycles. The Morgan fingerprint density at radius 2 is 2.31 bits per heavy atom. The van der Waals surface area contributed by atoms with Crippen LogP contribution in [0.25, 0.3) is 0 Å². The third-order valence-electron chi connectivity index (χ3n) is 2.24. The van der Waals surface area contributed by atoms with E-state index in [1.54, 1.807) is 0 Å². The average Bonchev–Trinajstić information content (AvgIpc) is 2.92. The summed E-state index contributed by atoms with van der Waals surface area (Å²) in [6, 6.07) is 0. The van der Waals surface area contributed by atoms with Crippen LogP contribution in [-0.4, -0.2) is 9.97 Å². The highest BCUT2D eigenvalue weighted by molar-refractivity contribution is 9.10. The molecular weight excluding hydrogens is 232 g/mol. The molecule has 0 aromatic carbocycles. The molecule has 1 aliphatic rings. The summed E-state index contributed by atoms with van der Waals surface area (Å²) in [5, 5.41) is 0. The summed E-state index contributed by atoms with van der Waals surface area (Å²) >= 11 is 3.28. The van der Waals surface area contributed by atoms with E-state index in [1.807, 2.05) is 6.92 Å². The highest BCUT2D eigenvalue weighted by atomic mass is 79.9. The first-order valence-electron chi connectivity index (χ1n) is 4.51. The van der Waals surface area contributed by atoms with Gasteiger partial charge in [-0.15, -0.1) is 0 Å². The lowest BCUT2D eigenvalue weighted by Gasteiger charge is -2.02. The van der Waals surface area contributed by atoms with Gasteiger partial charge in [0.15, 0.2) is 0 Å². The summed E-state index contributed by atoms with van der Waals surface area (Å²) in [5.41, 5.74) is 0.898. The van der Waals surface area contributed by atoms with Crippen molar-refractivity contribution in [2.75, 3.05) is 0 Å². The van der Waals surface area contributed by atoms with Crippen molar-refractivity contribution < 1.29 is 0 Å². The molecule has 0 atom stereocenters. The third kappa shape index (κ3) is 1.68. The van der Waals surface area contributed by atoms with Crippen LogP contribution in [0.1, 0.15) is 37.2 Å². The van der Waals surface area contributed by atoms with Crippen molar-refractivity contribution in [2.45, 2.75) is 32.1 Å². The molecule has 0 amide bonds. The number of hydrogen-bond donors (Lipinski definition) is 1. The fraction of sp³-hybridized carbons (Fsp3) is 0.556. The Balaban J connectivity index is 2.52. The van der Waals surface area contributed by atoms with Gasteiger partial charge in [-0.2, -0.15) is 0 Å². The van der Waals surface area contributed by atoms with Gasteiger partial charge in [0, 0.05) is 12.3 Å². The van der Waals surface area contributed by atoms with E-state index in [-0.39, 0.29) is 5.56 Å². The molecule has 2 rings (SSSR count). The SMILES string of the molecule is CCc1nc(C2CC2)c(Br)c(=O)[nH]1. The lowest BCUT2D eigenvalue weighted by Crippen LogP contribution is -2.14. The zero-order valence-corrected chi connectivity index (χ0v) is 9.02. The molecule has 0 unspecified atom stereocenters. The molecule has 0 bridgehead atoms. The zero-order chi connectivity index (χ0) is 9.42. The van der Waals surface area contributed by atoms with Crippen LogP contribution in [0.2, 0.25) is 0 Å². The second-order valence-electron chi connectivity index (χ2n) is 3.34. The Kier molecular flexibility index (Phi) is 2.24. The van der Waals surface area contributed by atoms with Gasteiger partial charge in [-0.05, 0) is 28.8 Å². The van der Waals surface area contributed by atoms with E-state index in [0.29, 0.717) is 10.4 Å². The fourth-order valence-electron chi connectivity index (χ4n) is 1.32. The van der Waals surface area contributed by atoms with Gasteiger partial charge in [0.1, 0.15) is 10.3 Å². The van der Waals surface area contributed by atoms with Crippen molar-refractivity contribution in [3.63, 3.8) is 0 Å². The maximum absolute atomic E-state index is 11.4. The number of aromatic amines is 1. The number of aromatic nitrogens is 2. The molecule has 1 aromatic rings. The molecule has 1 saturated carbocycles. The molecular formula is C9H11BrN2O. The van der Waals surface area contributed by atoms with Gasteiger partial charge in [-0.25, -0.2) is 4.98 Å². The quantitative estimate of drug-likeness (QED) is 0.863. The zero-order valence-electron chi connectivity index (χ0n) is 7.43. The van der Waals surface area contributed by atoms with Crippen LogP contribution in [0.3, 0.4) is 0 Å². The predicted molar refractivity (Wildman–Crippen MR) is 53.9 cm³/mol. The molecule has 0 radical (unpaired) electrons. The van der Waals surface area contributed by atoms with Crippen molar-refractivity contribution >= 4 is 15.9 Å². The van der Waals surface area contributed by atoms with Crippen LogP contribution in [0.4, 0.5) is 0 Å². The topological polar surface area (TPSA) is 45.8 Å². The van der Waals surface area contributed by atoms with Gasteiger partial charge in [-0.1, -0.05) is 6.92 Å². The lowest BCUT2D eigenvalue weighted by atomic mass is 10.3. The van der Waals surface area contributed by atoms with E-state index in [0.717, 1.165) is 30.8 Å². The minimum absolute atomic E-state index is 0.0475. The van der Waals surface area contributed by atoms with Crippen LogP contribution in [-0.2, 0) is 6.42 Å². The van der Waals surface area contributed by atoms with Gasteiger partial charge in [-0.3, -0.25) is 4.79 Å². The molecule has 0 aliphatic heterocycles. The van der Waals surface area contributed by atoms with E-state index >= 15 is 0 Å². The molecule has 13 heavy (non-hydrogen) atoms. The lowest BCUT2D eigenvalue weighted by molar-refractivity contribution is 0.856. The van der Waals surface area contributed by atoms with E-state index < -0.39 is 0 Å². The molecule has 1 fully saturated rings. The van der Waals surface area contributed by atoms with Crippen LogP contribution in [0.15, 0.2) is 9.27 Å². The second-order valence-corrected chi connectivity index (χ2v) is 4.13. The number of H-pyrrole nitrogens is 1. The summed E-state index contributed by atoms with van der Waals surface area (Å²) < 4.78 is 0.618. The average molecular weight is 243 g/mol. The monoisotopic (exact) mass is 242 g/mol. The van der Waals surface area contributed by atoms with Crippen molar-refractivity contribution in [1.29, 1.82) is 0 Å². The van der Waals surface area contributed by atoms with E-state index in [4.69, 9.17) is 0 Å². The second kappa shape index (κ2) is 3.25. The number of nitrogens with zero attached hydrogens (tertiary/aromatic N) is 1. The predicted octanol–water partition coefficient (Wildman–Crippen LogP) is 1.97. The summed E-state index contributed by atoms with van der Waals surface area (Å²) in [6.07, 6.45) is 3.11. The standard InChI is InChI=1S/C9H11BrN2O/c1-2-6-11-8(5-3-4-5)7(10)9(13)12-6/h5H,2-4H2,1H3,(H,11,12,13). The number of halogens is 1. The molecule has 4 heteroatoms. The van der Waals surface area contributed by atoms with Crippen LogP contribution >= 0.6 is 15.9 Å². The van der Waals surface area contributed by atoms with Gasteiger partial charge in [0.2, 0.25) is 0 Å². The van der Waals surface area contributed by atoms with Crippen molar-refractivity contribution in [3.8, 4) is 0 Å². The number of aryl methyl sites for hydroxylation is 1. The van der Waals surface area contributed by atoms with Crippen LogP contribution in [0, 0.1) is 0 Å². The van der Waals surface area contributed by atoms with Crippen molar-refractivity contribution in [2.24, 2.45) is 0 Å². The van der Waals surface area contributed by atoms with Gasteiger partial charge < -0.3 is 4.98 Å². The van der Waals surface area contributed by atoms with Gasteiger partial charge in [0.25, 0.3) is 5.56 Å². The summed E-state index contributed by atoms with van der Waals surface area (Å²) in [5.74, 6) is 1.30. The fourth-order valence-corrected chi connectivity index (χ4v) is 1.83. The molecule has 3 nitrogen and oxygen atoms in total. The molecule has 1 N–H and O–H groups in total. The number of nitrogens with one attached hydrogen (secondary N) is 1. The minimum atomic E-state index is -0.0475. The first-order chi connectivity index (χ1) is 6.22. The summed E-state index contributed by atoms with van der Waals surface area (Å²) in [7, 11) is 0. The smallest absolute Gasteiger partial charge is 0.265 e. The Bertz CT molecular complexity index is 382. The van der Waals surface area contributed by atoms with Gasteiger partial charge in [0.05, 0.1) is 5.69 Å². The Morgan fingerprint density at radius 3 is 2.85 bits per heavy atom. The number of hydrogen-bond acceptors (Lipinski definition) is 2. The summed E-state index contributed by atoms with van der Waals surface area (Å²) in [4.78, 5) is 18.6. The van der Waals surface area contributed by atoms with E-state index in [9.17, 15) is 4.79 Å². The maximum Gasteiger partial charge on any atom is 0.265 e. The normalized spacial score (nSPS) is 16.2. The first kappa shape index (κ1) is 8.94. The third-order valence-corrected chi connectivity index (χ3v) is 3.00. The molecule has 0 spiro atoms. The van der Waals surface area contributed by atoms with E-state index in [1.165, 1.54) is 0 Å². The van der Waals surface area contributed by atoms with Crippen molar-refractivity contribution in [3.05, 3.63) is 26.3 Å². The minimum Gasteiger partial charge on any atom is -0.310 e. The largest absolute Gasteiger partial charge is 0.310 e. The van der Waals surface area contributed by atoms with E-state index in [2.05, 4.69) is 25.9 Å². The summed E-state index contributed by atoms with van der Waals surface area (Å²) in [6.45, 7) is 1.99. The molecule has 1 aromatic heterocycles. The van der Waals surface area contributed by atoms with Crippen LogP contribution < -0.4 is 5.56 Å². The Labute approximate surface area is 84.7 Å². The Hall–Kier alpha value is -0.640. The molecule has 1 heterocycles.